The van der Waals surface area contributed by atoms with Gasteiger partial charge >= 0.3 is 11.9 Å². The van der Waals surface area contributed by atoms with E-state index in [1.165, 1.54) is 6.08 Å². The first-order valence-electron chi connectivity index (χ1n) is 5.19. The van der Waals surface area contributed by atoms with Crippen LogP contribution >= 0.6 is 0 Å². The van der Waals surface area contributed by atoms with Gasteiger partial charge in [0.25, 0.3) is 0 Å². The monoisotopic (exact) mass is 208 g/mol. The van der Waals surface area contributed by atoms with Crippen molar-refractivity contribution in [3.63, 3.8) is 0 Å². The van der Waals surface area contributed by atoms with Gasteiger partial charge in [0.05, 0.1) is 5.92 Å². The first-order chi connectivity index (χ1) is 7.13. The lowest BCUT2D eigenvalue weighted by atomic mass is 9.88. The highest BCUT2D eigenvalue weighted by molar-refractivity contribution is 5.82. The number of carbonyl (C=O) groups excluding carboxylic acids is 2. The Morgan fingerprint density at radius 1 is 1.53 bits per heavy atom. The normalized spacial score (nSPS) is 45.3. The zero-order valence-corrected chi connectivity index (χ0v) is 8.27. The van der Waals surface area contributed by atoms with E-state index in [4.69, 9.17) is 9.47 Å². The van der Waals surface area contributed by atoms with Gasteiger partial charge in [-0.05, 0) is 6.42 Å². The Bertz CT molecular complexity index is 358. The molecule has 4 unspecified atom stereocenters. The summed E-state index contributed by atoms with van der Waals surface area (Å²) in [4.78, 5) is 22.6. The van der Waals surface area contributed by atoms with Gasteiger partial charge in [-0.2, -0.15) is 0 Å². The van der Waals surface area contributed by atoms with Crippen LogP contribution in [-0.2, 0) is 19.1 Å². The molecule has 2 saturated carbocycles. The van der Waals surface area contributed by atoms with E-state index in [1.807, 2.05) is 0 Å². The van der Waals surface area contributed by atoms with Gasteiger partial charge < -0.3 is 9.47 Å². The van der Waals surface area contributed by atoms with Crippen molar-refractivity contribution in [2.75, 3.05) is 0 Å². The van der Waals surface area contributed by atoms with Crippen LogP contribution < -0.4 is 0 Å². The lowest BCUT2D eigenvalue weighted by Gasteiger charge is -2.26. The molecule has 1 heterocycles. The Balaban J connectivity index is 1.84. The average molecular weight is 208 g/mol. The van der Waals surface area contributed by atoms with E-state index in [1.54, 1.807) is 0 Å². The summed E-state index contributed by atoms with van der Waals surface area (Å²) in [5, 5.41) is 0. The molecule has 4 heteroatoms. The molecular formula is C11H12O4. The van der Waals surface area contributed by atoms with Crippen LogP contribution in [0.1, 0.15) is 19.3 Å². The minimum atomic E-state index is -0.447. The van der Waals surface area contributed by atoms with Gasteiger partial charge in [-0.15, -0.1) is 0 Å². The van der Waals surface area contributed by atoms with Crippen LogP contribution in [0.25, 0.3) is 0 Å². The van der Waals surface area contributed by atoms with Crippen LogP contribution in [0.3, 0.4) is 0 Å². The second-order valence-electron chi connectivity index (χ2n) is 4.67. The minimum absolute atomic E-state index is 0.0196. The number of ether oxygens (including phenoxy) is 2. The number of fused-ring (bicyclic) bond motifs is 1. The molecule has 2 bridgehead atoms. The Hall–Kier alpha value is -1.32. The summed E-state index contributed by atoms with van der Waals surface area (Å²) >= 11 is 0. The smallest absolute Gasteiger partial charge is 0.330 e. The fourth-order valence-electron chi connectivity index (χ4n) is 3.29. The van der Waals surface area contributed by atoms with E-state index in [2.05, 4.69) is 6.58 Å². The summed E-state index contributed by atoms with van der Waals surface area (Å²) in [5.41, 5.74) is -0.447. The zero-order valence-electron chi connectivity index (χ0n) is 8.27. The summed E-state index contributed by atoms with van der Waals surface area (Å²) in [6.07, 6.45) is 3.22. The molecule has 0 aromatic heterocycles. The van der Waals surface area contributed by atoms with Crippen LogP contribution in [0.5, 0.6) is 0 Å². The molecule has 4 atom stereocenters. The van der Waals surface area contributed by atoms with Gasteiger partial charge in [0.15, 0.2) is 0 Å². The third-order valence-corrected chi connectivity index (χ3v) is 3.82. The van der Waals surface area contributed by atoms with Crippen LogP contribution in [0.15, 0.2) is 12.7 Å². The molecule has 0 N–H and O–H groups in total. The average Bonchev–Trinajstić information content (AvgIpc) is 2.75. The number of rotatable bonds is 2. The topological polar surface area (TPSA) is 52.6 Å². The number of hydrogen-bond donors (Lipinski definition) is 0. The van der Waals surface area contributed by atoms with E-state index >= 15 is 0 Å². The van der Waals surface area contributed by atoms with E-state index < -0.39 is 11.6 Å². The Kier molecular flexibility index (Phi) is 1.56. The molecule has 80 valence electrons. The highest BCUT2D eigenvalue weighted by Crippen LogP contribution is 2.58. The maximum atomic E-state index is 11.4. The maximum absolute atomic E-state index is 11.4. The quantitative estimate of drug-likeness (QED) is 0.497. The highest BCUT2D eigenvalue weighted by Gasteiger charge is 2.65. The van der Waals surface area contributed by atoms with Crippen molar-refractivity contribution in [2.45, 2.75) is 31.0 Å². The molecule has 0 aromatic rings. The van der Waals surface area contributed by atoms with E-state index in [9.17, 15) is 9.59 Å². The van der Waals surface area contributed by atoms with E-state index in [0.717, 1.165) is 6.42 Å². The summed E-state index contributed by atoms with van der Waals surface area (Å²) in [7, 11) is 0. The number of carbonyl (C=O) groups is 2. The van der Waals surface area contributed by atoms with Crippen molar-refractivity contribution in [1.82, 2.24) is 0 Å². The van der Waals surface area contributed by atoms with Crippen LogP contribution in [-0.4, -0.2) is 23.6 Å². The van der Waals surface area contributed by atoms with Gasteiger partial charge in [-0.25, -0.2) is 4.79 Å². The molecule has 3 aliphatic rings. The second-order valence-corrected chi connectivity index (χ2v) is 4.67. The third kappa shape index (κ3) is 1.07. The molecule has 4 nitrogen and oxygen atoms in total. The van der Waals surface area contributed by atoms with Crippen LogP contribution in [0.4, 0.5) is 0 Å². The van der Waals surface area contributed by atoms with Crippen molar-refractivity contribution in [3.8, 4) is 0 Å². The Morgan fingerprint density at radius 3 is 2.93 bits per heavy atom. The molecule has 1 saturated heterocycles. The standard InChI is InChI=1S/C11H12O4/c1-2-9(12)15-11-3-6-7(4-11)10(13)14-8(6)5-11/h2,6-8H,1,3-5H2. The molecule has 15 heavy (non-hydrogen) atoms. The number of hydrogen-bond acceptors (Lipinski definition) is 4. The minimum Gasteiger partial charge on any atom is -0.462 e. The first kappa shape index (κ1) is 8.95. The Morgan fingerprint density at radius 2 is 2.33 bits per heavy atom. The molecule has 3 fully saturated rings. The fraction of sp³-hybridized carbons (Fsp3) is 0.636. The lowest BCUT2D eigenvalue weighted by molar-refractivity contribution is -0.153. The first-order valence-corrected chi connectivity index (χ1v) is 5.19. The number of esters is 2. The SMILES string of the molecule is C=CC(=O)OC12CC3OC(=O)C(C1)C3C2. The summed E-state index contributed by atoms with van der Waals surface area (Å²) in [6.45, 7) is 3.38. The van der Waals surface area contributed by atoms with Gasteiger partial charge in [-0.1, -0.05) is 6.58 Å². The Labute approximate surface area is 87.2 Å². The van der Waals surface area contributed by atoms with Gasteiger partial charge in [0, 0.05) is 24.8 Å². The molecule has 0 spiro atoms. The van der Waals surface area contributed by atoms with E-state index in [-0.39, 0.29) is 23.9 Å². The molecule has 3 rings (SSSR count). The van der Waals surface area contributed by atoms with Crippen LogP contribution in [0.2, 0.25) is 0 Å². The fourth-order valence-corrected chi connectivity index (χ4v) is 3.29. The summed E-state index contributed by atoms with van der Waals surface area (Å²) in [6, 6.07) is 0. The predicted molar refractivity (Wildman–Crippen MR) is 49.7 cm³/mol. The van der Waals surface area contributed by atoms with Crippen molar-refractivity contribution in [2.24, 2.45) is 11.8 Å². The van der Waals surface area contributed by atoms with Crippen molar-refractivity contribution < 1.29 is 19.1 Å². The molecule has 0 amide bonds. The largest absolute Gasteiger partial charge is 0.462 e. The van der Waals surface area contributed by atoms with Gasteiger partial charge in [0.1, 0.15) is 11.7 Å². The highest BCUT2D eigenvalue weighted by atomic mass is 16.6. The van der Waals surface area contributed by atoms with Crippen molar-refractivity contribution >= 4 is 11.9 Å². The molecular weight excluding hydrogens is 196 g/mol. The summed E-state index contributed by atoms with van der Waals surface area (Å²) < 4.78 is 10.6. The second kappa shape index (κ2) is 2.62. The predicted octanol–water partition coefficient (Wildman–Crippen LogP) is 0.810. The maximum Gasteiger partial charge on any atom is 0.330 e. The molecule has 0 radical (unpaired) electrons. The van der Waals surface area contributed by atoms with Crippen molar-refractivity contribution in [3.05, 3.63) is 12.7 Å². The zero-order chi connectivity index (χ0) is 10.6. The molecule has 0 aromatic carbocycles. The van der Waals surface area contributed by atoms with Crippen molar-refractivity contribution in [1.29, 1.82) is 0 Å². The summed E-state index contributed by atoms with van der Waals surface area (Å²) in [5.74, 6) is -0.278. The van der Waals surface area contributed by atoms with E-state index in [0.29, 0.717) is 12.8 Å². The molecule has 2 aliphatic carbocycles. The third-order valence-electron chi connectivity index (χ3n) is 3.82. The molecule has 1 aliphatic heterocycles. The van der Waals surface area contributed by atoms with Gasteiger partial charge in [-0.3, -0.25) is 4.79 Å². The van der Waals surface area contributed by atoms with Crippen LogP contribution in [0, 0.1) is 11.8 Å². The van der Waals surface area contributed by atoms with Gasteiger partial charge in [0.2, 0.25) is 0 Å². The lowest BCUT2D eigenvalue weighted by Crippen LogP contribution is -2.33.